The molecule has 1 aromatic heterocycles. The molecule has 2 heterocycles. The molecular weight excluding hydrogens is 280 g/mol. The molecule has 1 aliphatic heterocycles. The van der Waals surface area contributed by atoms with Crippen LogP contribution in [0.5, 0.6) is 0 Å². The maximum absolute atomic E-state index is 12.2. The van der Waals surface area contributed by atoms with E-state index in [1.165, 1.54) is 0 Å². The summed E-state index contributed by atoms with van der Waals surface area (Å²) in [6, 6.07) is 7.55. The van der Waals surface area contributed by atoms with E-state index in [1.54, 1.807) is 6.07 Å². The highest BCUT2D eigenvalue weighted by atomic mass is 16.3. The van der Waals surface area contributed by atoms with E-state index in [-0.39, 0.29) is 18.2 Å². The largest absolute Gasteiger partial charge is 0.451 e. The van der Waals surface area contributed by atoms with E-state index in [0.717, 1.165) is 30.5 Å². The van der Waals surface area contributed by atoms with Gasteiger partial charge in [-0.3, -0.25) is 4.79 Å². The van der Waals surface area contributed by atoms with Crippen LogP contribution in [0.4, 0.5) is 0 Å². The predicted molar refractivity (Wildman–Crippen MR) is 85.0 cm³/mol. The normalized spacial score (nSPS) is 22.5. The highest BCUT2D eigenvalue weighted by Gasteiger charge is 2.28. The molecule has 2 aromatic rings. The Balaban J connectivity index is 1.67. The van der Waals surface area contributed by atoms with Crippen molar-refractivity contribution in [1.29, 1.82) is 0 Å². The number of benzene rings is 1. The minimum absolute atomic E-state index is 0.254. The molecule has 5 nitrogen and oxygen atoms in total. The molecule has 0 spiro atoms. The maximum Gasteiger partial charge on any atom is 0.287 e. The number of hydrogen-bond acceptors (Lipinski definition) is 4. The summed E-state index contributed by atoms with van der Waals surface area (Å²) in [5.41, 5.74) is 0.996. The van der Waals surface area contributed by atoms with Crippen LogP contribution in [0.25, 0.3) is 11.0 Å². The van der Waals surface area contributed by atoms with Gasteiger partial charge in [-0.1, -0.05) is 11.6 Å². The van der Waals surface area contributed by atoms with E-state index < -0.39 is 5.60 Å². The SMILES string of the molecule is Cc1ccc2oc(C(=O)NC[C@]3(O)CCCNCC3)cc2c1. The van der Waals surface area contributed by atoms with Gasteiger partial charge < -0.3 is 20.2 Å². The van der Waals surface area contributed by atoms with E-state index in [2.05, 4.69) is 10.6 Å². The van der Waals surface area contributed by atoms with Crippen LogP contribution in [0.2, 0.25) is 0 Å². The summed E-state index contributed by atoms with van der Waals surface area (Å²) in [5.74, 6) is 0.00966. The summed E-state index contributed by atoms with van der Waals surface area (Å²) in [5, 5.41) is 17.5. The minimum Gasteiger partial charge on any atom is -0.451 e. The van der Waals surface area contributed by atoms with Gasteiger partial charge in [-0.2, -0.15) is 0 Å². The Morgan fingerprint density at radius 3 is 3.09 bits per heavy atom. The second kappa shape index (κ2) is 6.10. The average Bonchev–Trinajstić information content (AvgIpc) is 2.79. The zero-order valence-electron chi connectivity index (χ0n) is 12.8. The Morgan fingerprint density at radius 2 is 2.23 bits per heavy atom. The lowest BCUT2D eigenvalue weighted by Crippen LogP contribution is -2.43. The maximum atomic E-state index is 12.2. The Morgan fingerprint density at radius 1 is 1.36 bits per heavy atom. The number of nitrogens with one attached hydrogen (secondary N) is 2. The van der Waals surface area contributed by atoms with Gasteiger partial charge in [0, 0.05) is 11.9 Å². The summed E-state index contributed by atoms with van der Waals surface area (Å²) in [6.45, 7) is 3.95. The van der Waals surface area contributed by atoms with Crippen molar-refractivity contribution in [1.82, 2.24) is 10.6 Å². The molecule has 3 rings (SSSR count). The van der Waals surface area contributed by atoms with Crippen LogP contribution >= 0.6 is 0 Å². The highest BCUT2D eigenvalue weighted by Crippen LogP contribution is 2.21. The van der Waals surface area contributed by atoms with Gasteiger partial charge >= 0.3 is 0 Å². The van der Waals surface area contributed by atoms with Gasteiger partial charge in [0.1, 0.15) is 5.58 Å². The van der Waals surface area contributed by atoms with Crippen molar-refractivity contribution >= 4 is 16.9 Å². The molecule has 0 saturated carbocycles. The number of fused-ring (bicyclic) bond motifs is 1. The van der Waals surface area contributed by atoms with Gasteiger partial charge in [-0.25, -0.2) is 0 Å². The van der Waals surface area contributed by atoms with Crippen LogP contribution in [0.1, 0.15) is 35.4 Å². The minimum atomic E-state index is -0.832. The number of furan rings is 1. The fourth-order valence-electron chi connectivity index (χ4n) is 2.90. The molecule has 0 aliphatic carbocycles. The third-order valence-electron chi connectivity index (χ3n) is 4.24. The van der Waals surface area contributed by atoms with Crippen LogP contribution in [-0.4, -0.2) is 36.2 Å². The molecule has 1 fully saturated rings. The summed E-state index contributed by atoms with van der Waals surface area (Å²) < 4.78 is 5.58. The van der Waals surface area contributed by atoms with E-state index in [1.807, 2.05) is 25.1 Å². The van der Waals surface area contributed by atoms with E-state index in [9.17, 15) is 9.90 Å². The zero-order chi connectivity index (χ0) is 15.6. The fourth-order valence-corrected chi connectivity index (χ4v) is 2.90. The van der Waals surface area contributed by atoms with Crippen LogP contribution < -0.4 is 10.6 Å². The first-order valence-electron chi connectivity index (χ1n) is 7.77. The molecule has 0 bridgehead atoms. The van der Waals surface area contributed by atoms with E-state index in [0.29, 0.717) is 18.4 Å². The van der Waals surface area contributed by atoms with Gasteiger partial charge in [-0.15, -0.1) is 0 Å². The molecule has 22 heavy (non-hydrogen) atoms. The molecule has 0 radical (unpaired) electrons. The van der Waals surface area contributed by atoms with E-state index in [4.69, 9.17) is 4.42 Å². The van der Waals surface area contributed by atoms with Crippen molar-refractivity contribution in [3.8, 4) is 0 Å². The van der Waals surface area contributed by atoms with Crippen molar-refractivity contribution < 1.29 is 14.3 Å². The third-order valence-corrected chi connectivity index (χ3v) is 4.24. The van der Waals surface area contributed by atoms with Crippen molar-refractivity contribution in [2.45, 2.75) is 31.8 Å². The van der Waals surface area contributed by atoms with Crippen molar-refractivity contribution in [2.75, 3.05) is 19.6 Å². The average molecular weight is 302 g/mol. The van der Waals surface area contributed by atoms with Crippen molar-refractivity contribution in [3.05, 3.63) is 35.6 Å². The number of hydrogen-bond donors (Lipinski definition) is 3. The standard InChI is InChI=1S/C17H22N2O3/c1-12-3-4-14-13(9-12)10-15(22-14)16(20)19-11-17(21)5-2-7-18-8-6-17/h3-4,9-10,18,21H,2,5-8,11H2,1H3,(H,19,20)/t17-/m0/s1. The van der Waals surface area contributed by atoms with Crippen molar-refractivity contribution in [3.63, 3.8) is 0 Å². The lowest BCUT2D eigenvalue weighted by Gasteiger charge is -2.26. The third kappa shape index (κ3) is 3.31. The van der Waals surface area contributed by atoms with Gasteiger partial charge in [0.25, 0.3) is 5.91 Å². The van der Waals surface area contributed by atoms with Gasteiger partial charge in [-0.05, 0) is 57.5 Å². The lowest BCUT2D eigenvalue weighted by atomic mass is 9.95. The first-order chi connectivity index (χ1) is 10.6. The van der Waals surface area contributed by atoms with Crippen LogP contribution in [-0.2, 0) is 0 Å². The first-order valence-corrected chi connectivity index (χ1v) is 7.77. The summed E-state index contributed by atoms with van der Waals surface area (Å²) >= 11 is 0. The predicted octanol–water partition coefficient (Wildman–Crippen LogP) is 1.98. The molecule has 3 N–H and O–H groups in total. The second-order valence-electron chi connectivity index (χ2n) is 6.16. The molecule has 1 aromatic carbocycles. The summed E-state index contributed by atoms with van der Waals surface area (Å²) in [7, 11) is 0. The molecule has 1 atom stereocenters. The number of amides is 1. The Hall–Kier alpha value is -1.85. The lowest BCUT2D eigenvalue weighted by molar-refractivity contribution is 0.0272. The van der Waals surface area contributed by atoms with Crippen LogP contribution in [0.15, 0.2) is 28.7 Å². The smallest absolute Gasteiger partial charge is 0.287 e. The van der Waals surface area contributed by atoms with E-state index >= 15 is 0 Å². The summed E-state index contributed by atoms with van der Waals surface area (Å²) in [6.07, 6.45) is 2.25. The molecule has 0 unspecified atom stereocenters. The molecule has 5 heteroatoms. The quantitative estimate of drug-likeness (QED) is 0.810. The highest BCUT2D eigenvalue weighted by molar-refractivity contribution is 5.96. The van der Waals surface area contributed by atoms with Crippen LogP contribution in [0.3, 0.4) is 0 Å². The zero-order valence-corrected chi connectivity index (χ0v) is 12.8. The Labute approximate surface area is 129 Å². The van der Waals surface area contributed by atoms with Gasteiger partial charge in [0.2, 0.25) is 0 Å². The monoisotopic (exact) mass is 302 g/mol. The van der Waals surface area contributed by atoms with Crippen LogP contribution in [0, 0.1) is 6.92 Å². The Bertz CT molecular complexity index is 670. The van der Waals surface area contributed by atoms with Gasteiger partial charge in [0.05, 0.1) is 5.60 Å². The Kier molecular flexibility index (Phi) is 4.18. The number of aryl methyl sites for hydroxylation is 1. The first kappa shape index (κ1) is 15.1. The number of carbonyl (C=O) groups is 1. The van der Waals surface area contributed by atoms with Crippen molar-refractivity contribution in [2.24, 2.45) is 0 Å². The molecule has 118 valence electrons. The second-order valence-corrected chi connectivity index (χ2v) is 6.16. The number of rotatable bonds is 3. The molecule has 1 saturated heterocycles. The fraction of sp³-hybridized carbons (Fsp3) is 0.471. The number of aliphatic hydroxyl groups is 1. The topological polar surface area (TPSA) is 74.5 Å². The summed E-state index contributed by atoms with van der Waals surface area (Å²) in [4.78, 5) is 12.2. The number of carbonyl (C=O) groups excluding carboxylic acids is 1. The molecule has 1 aliphatic rings. The molecule has 1 amide bonds. The molecular formula is C17H22N2O3. The van der Waals surface area contributed by atoms with Gasteiger partial charge in [0.15, 0.2) is 5.76 Å².